The first-order valence-corrected chi connectivity index (χ1v) is 7.92. The zero-order valence-electron chi connectivity index (χ0n) is 11.1. The lowest BCUT2D eigenvalue weighted by Gasteiger charge is -2.26. The molecule has 100 valence electrons. The van der Waals surface area contributed by atoms with Crippen molar-refractivity contribution in [2.45, 2.75) is 32.2 Å². The molecule has 4 nitrogen and oxygen atoms in total. The highest BCUT2D eigenvalue weighted by molar-refractivity contribution is 6.36. The van der Waals surface area contributed by atoms with Crippen LogP contribution in [0.1, 0.15) is 20.3 Å². The molecule has 17 heavy (non-hydrogen) atoms. The second-order valence-electron chi connectivity index (χ2n) is 4.00. The number of morpholine rings is 1. The average molecular weight is 259 g/mol. The van der Waals surface area contributed by atoms with E-state index in [-0.39, 0.29) is 5.91 Å². The van der Waals surface area contributed by atoms with Gasteiger partial charge in [-0.25, -0.2) is 0 Å². The van der Waals surface area contributed by atoms with E-state index in [0.29, 0.717) is 0 Å². The first-order chi connectivity index (χ1) is 8.36. The molecule has 0 aliphatic carbocycles. The van der Waals surface area contributed by atoms with Gasteiger partial charge >= 0.3 is 0 Å². The van der Waals surface area contributed by atoms with Crippen LogP contribution in [-0.4, -0.2) is 66.4 Å². The molecule has 0 aromatic heterocycles. The summed E-state index contributed by atoms with van der Waals surface area (Å²) in [7, 11) is 0.756. The molecule has 0 unspecified atom stereocenters. The smallest absolute Gasteiger partial charge is 0.137 e. The van der Waals surface area contributed by atoms with Crippen molar-refractivity contribution in [3.8, 4) is 0 Å². The Morgan fingerprint density at radius 1 is 1.18 bits per heavy atom. The lowest BCUT2D eigenvalue weighted by Crippen LogP contribution is -2.37. The van der Waals surface area contributed by atoms with E-state index in [9.17, 15) is 0 Å². The zero-order chi connectivity index (χ0) is 12.3. The van der Waals surface area contributed by atoms with E-state index in [1.54, 1.807) is 0 Å². The van der Waals surface area contributed by atoms with Gasteiger partial charge in [0.25, 0.3) is 0 Å². The lowest BCUT2D eigenvalue weighted by molar-refractivity contribution is -0.0828. The maximum atomic E-state index is 5.53. The Morgan fingerprint density at radius 2 is 1.82 bits per heavy atom. The highest BCUT2D eigenvalue weighted by Gasteiger charge is 2.11. The summed E-state index contributed by atoms with van der Waals surface area (Å²) < 4.78 is 16.4. The predicted molar refractivity (Wildman–Crippen MR) is 69.5 cm³/mol. The summed E-state index contributed by atoms with van der Waals surface area (Å²) >= 11 is 0. The summed E-state index contributed by atoms with van der Waals surface area (Å²) in [6, 6.07) is 1.20. The molecule has 1 rings (SSSR count). The topological polar surface area (TPSA) is 30.9 Å². The first kappa shape index (κ1) is 15.1. The van der Waals surface area contributed by atoms with E-state index in [2.05, 4.69) is 4.90 Å². The second kappa shape index (κ2) is 10.0. The van der Waals surface area contributed by atoms with Crippen LogP contribution in [0.4, 0.5) is 0 Å². The summed E-state index contributed by atoms with van der Waals surface area (Å²) in [5, 5.41) is 0. The fraction of sp³-hybridized carbons (Fsp3) is 1.00. The summed E-state index contributed by atoms with van der Waals surface area (Å²) in [6.07, 6.45) is 1.23. The molecule has 1 fully saturated rings. The van der Waals surface area contributed by atoms with E-state index in [4.69, 9.17) is 14.2 Å². The molecule has 1 saturated heterocycles. The Balaban J connectivity index is 2.00. The van der Waals surface area contributed by atoms with Crippen LogP contribution in [0.3, 0.4) is 0 Å². The molecule has 0 atom stereocenters. The summed E-state index contributed by atoms with van der Waals surface area (Å²) in [6.45, 7) is 10.6. The van der Waals surface area contributed by atoms with Gasteiger partial charge in [0.05, 0.1) is 13.2 Å². The summed E-state index contributed by atoms with van der Waals surface area (Å²) in [4.78, 5) is 2.48. The van der Waals surface area contributed by atoms with E-state index in [1.165, 1.54) is 19.0 Å². The third-order valence-corrected chi connectivity index (χ3v) is 4.01. The van der Waals surface area contributed by atoms with E-state index >= 15 is 0 Å². The SMILES string of the molecule is CCOC(OCC)[Si]CCCN1CCOCC1. The van der Waals surface area contributed by atoms with Crippen molar-refractivity contribution in [3.05, 3.63) is 0 Å². The van der Waals surface area contributed by atoms with Crippen LogP contribution < -0.4 is 0 Å². The molecular weight excluding hydrogens is 234 g/mol. The zero-order valence-corrected chi connectivity index (χ0v) is 12.1. The number of hydrogen-bond donors (Lipinski definition) is 0. The fourth-order valence-electron chi connectivity index (χ4n) is 1.82. The standard InChI is InChI=1S/C12H25NO3Si/c1-3-15-12(16-4-2)17-11-5-6-13-7-9-14-10-8-13/h12H,3-11H2,1-2H3. The predicted octanol–water partition coefficient (Wildman–Crippen LogP) is 1.19. The van der Waals surface area contributed by atoms with Gasteiger partial charge in [-0.1, -0.05) is 6.04 Å². The largest absolute Gasteiger partial charge is 0.379 e. The Hall–Kier alpha value is 0.0569. The quantitative estimate of drug-likeness (QED) is 0.353. The average Bonchev–Trinajstić information content (AvgIpc) is 2.36. The molecule has 1 heterocycles. The lowest BCUT2D eigenvalue weighted by atomic mass is 10.3. The van der Waals surface area contributed by atoms with Gasteiger partial charge in [-0.15, -0.1) is 0 Å². The third kappa shape index (κ3) is 7.16. The molecule has 1 aliphatic rings. The normalized spacial score (nSPS) is 17.8. The molecule has 0 bridgehead atoms. The molecule has 0 aromatic rings. The van der Waals surface area contributed by atoms with Crippen molar-refractivity contribution in [3.63, 3.8) is 0 Å². The minimum atomic E-state index is 0.0229. The number of nitrogens with zero attached hydrogens (tertiary/aromatic N) is 1. The van der Waals surface area contributed by atoms with Crippen LogP contribution in [0.25, 0.3) is 0 Å². The number of rotatable bonds is 9. The molecule has 0 aromatic carbocycles. The van der Waals surface area contributed by atoms with Crippen molar-refractivity contribution in [2.75, 3.05) is 46.1 Å². The maximum Gasteiger partial charge on any atom is 0.137 e. The van der Waals surface area contributed by atoms with E-state index < -0.39 is 0 Å². The van der Waals surface area contributed by atoms with Gasteiger partial charge in [0.1, 0.15) is 15.4 Å². The summed E-state index contributed by atoms with van der Waals surface area (Å²) in [5.41, 5.74) is 0. The van der Waals surface area contributed by atoms with E-state index in [0.717, 1.165) is 49.0 Å². The Labute approximate surface area is 107 Å². The minimum Gasteiger partial charge on any atom is -0.379 e. The third-order valence-electron chi connectivity index (χ3n) is 2.70. The van der Waals surface area contributed by atoms with Gasteiger partial charge in [0, 0.05) is 26.3 Å². The van der Waals surface area contributed by atoms with Crippen LogP contribution in [0.5, 0.6) is 0 Å². The molecule has 1 aliphatic heterocycles. The Kier molecular flexibility index (Phi) is 8.91. The Morgan fingerprint density at radius 3 is 2.41 bits per heavy atom. The van der Waals surface area contributed by atoms with Gasteiger partial charge in [-0.05, 0) is 26.8 Å². The van der Waals surface area contributed by atoms with Gasteiger partial charge in [-0.3, -0.25) is 4.90 Å². The van der Waals surface area contributed by atoms with E-state index in [1.807, 2.05) is 13.8 Å². The number of ether oxygens (including phenoxy) is 3. The molecule has 0 N–H and O–H groups in total. The van der Waals surface area contributed by atoms with Crippen LogP contribution in [0.2, 0.25) is 6.04 Å². The van der Waals surface area contributed by atoms with Crippen molar-refractivity contribution < 1.29 is 14.2 Å². The van der Waals surface area contributed by atoms with Gasteiger partial charge < -0.3 is 14.2 Å². The molecule has 5 heteroatoms. The van der Waals surface area contributed by atoms with Crippen molar-refractivity contribution >= 4 is 9.52 Å². The van der Waals surface area contributed by atoms with Crippen molar-refractivity contribution in [1.29, 1.82) is 0 Å². The summed E-state index contributed by atoms with van der Waals surface area (Å²) in [5.74, 6) is 0.0229. The van der Waals surface area contributed by atoms with Gasteiger partial charge in [0.15, 0.2) is 0 Å². The molecule has 0 saturated carbocycles. The first-order valence-electron chi connectivity index (χ1n) is 6.63. The van der Waals surface area contributed by atoms with Crippen LogP contribution in [0, 0.1) is 0 Å². The van der Waals surface area contributed by atoms with Crippen LogP contribution in [-0.2, 0) is 14.2 Å². The highest BCUT2D eigenvalue weighted by atomic mass is 28.2. The van der Waals surface area contributed by atoms with Crippen molar-refractivity contribution in [1.82, 2.24) is 4.90 Å². The molecule has 0 amide bonds. The molecular formula is C12H25NO3Si. The molecule has 2 radical (unpaired) electrons. The van der Waals surface area contributed by atoms with Gasteiger partial charge in [0.2, 0.25) is 0 Å². The number of hydrogen-bond acceptors (Lipinski definition) is 4. The monoisotopic (exact) mass is 259 g/mol. The van der Waals surface area contributed by atoms with Gasteiger partial charge in [-0.2, -0.15) is 0 Å². The maximum absolute atomic E-state index is 5.53. The van der Waals surface area contributed by atoms with Crippen molar-refractivity contribution in [2.24, 2.45) is 0 Å². The highest BCUT2D eigenvalue weighted by Crippen LogP contribution is 2.03. The van der Waals surface area contributed by atoms with Crippen LogP contribution >= 0.6 is 0 Å². The minimum absolute atomic E-state index is 0.0229. The van der Waals surface area contributed by atoms with Crippen LogP contribution in [0.15, 0.2) is 0 Å². The second-order valence-corrected chi connectivity index (χ2v) is 5.38. The Bertz CT molecular complexity index is 171. The molecule has 0 spiro atoms. The fourth-order valence-corrected chi connectivity index (χ4v) is 2.98.